The number of hydrogen-bond donors (Lipinski definition) is 1. The van der Waals surface area contributed by atoms with E-state index < -0.39 is 0 Å². The summed E-state index contributed by atoms with van der Waals surface area (Å²) in [5.41, 5.74) is 7.41. The van der Waals surface area contributed by atoms with E-state index in [0.717, 1.165) is 12.5 Å². The molecule has 2 nitrogen and oxygen atoms in total. The van der Waals surface area contributed by atoms with Gasteiger partial charge in [-0.3, -0.25) is 4.90 Å². The molecule has 2 heteroatoms. The van der Waals surface area contributed by atoms with E-state index in [2.05, 4.69) is 68.3 Å². The van der Waals surface area contributed by atoms with Gasteiger partial charge in [-0.15, -0.1) is 0 Å². The number of hydrogen-bond acceptors (Lipinski definition) is 2. The van der Waals surface area contributed by atoms with Crippen LogP contribution in [-0.4, -0.2) is 25.0 Å². The maximum absolute atomic E-state index is 6.06. The molecule has 0 fully saturated rings. The minimum Gasteiger partial charge on any atom is -0.329 e. The van der Waals surface area contributed by atoms with Crippen molar-refractivity contribution >= 4 is 10.8 Å². The van der Waals surface area contributed by atoms with Crippen molar-refractivity contribution in [3.63, 3.8) is 0 Å². The van der Waals surface area contributed by atoms with Gasteiger partial charge in [0.15, 0.2) is 0 Å². The van der Waals surface area contributed by atoms with Gasteiger partial charge in [0.05, 0.1) is 0 Å². The number of benzene rings is 2. The highest BCUT2D eigenvalue weighted by Gasteiger charge is 2.17. The first-order chi connectivity index (χ1) is 9.63. The largest absolute Gasteiger partial charge is 0.329 e. The van der Waals surface area contributed by atoms with Gasteiger partial charge in [-0.2, -0.15) is 0 Å². The molecule has 2 rings (SSSR count). The Morgan fingerprint density at radius 3 is 2.45 bits per heavy atom. The zero-order chi connectivity index (χ0) is 14.5. The summed E-state index contributed by atoms with van der Waals surface area (Å²) in [5.74, 6) is 0.725. The van der Waals surface area contributed by atoms with Gasteiger partial charge in [-0.25, -0.2) is 0 Å². The Bertz CT molecular complexity index is 543. The summed E-state index contributed by atoms with van der Waals surface area (Å²) < 4.78 is 0. The van der Waals surface area contributed by atoms with Crippen LogP contribution in [0.5, 0.6) is 0 Å². The molecule has 1 atom stereocenters. The normalized spacial score (nSPS) is 13.3. The predicted molar refractivity (Wildman–Crippen MR) is 87.8 cm³/mol. The fourth-order valence-corrected chi connectivity index (χ4v) is 2.70. The van der Waals surface area contributed by atoms with Crippen molar-refractivity contribution in [3.8, 4) is 0 Å². The van der Waals surface area contributed by atoms with Crippen LogP contribution in [0.3, 0.4) is 0 Å². The van der Waals surface area contributed by atoms with Gasteiger partial charge in [0.25, 0.3) is 0 Å². The van der Waals surface area contributed by atoms with Crippen molar-refractivity contribution in [2.24, 2.45) is 11.7 Å². The highest BCUT2D eigenvalue weighted by atomic mass is 15.1. The van der Waals surface area contributed by atoms with E-state index in [1.807, 2.05) is 0 Å². The lowest BCUT2D eigenvalue weighted by Crippen LogP contribution is -2.32. The highest BCUT2D eigenvalue weighted by molar-refractivity contribution is 5.86. The minimum atomic E-state index is 0.292. The second-order valence-corrected chi connectivity index (χ2v) is 5.98. The van der Waals surface area contributed by atoms with Crippen molar-refractivity contribution in [1.29, 1.82) is 0 Å². The third-order valence-electron chi connectivity index (χ3n) is 4.00. The molecule has 0 radical (unpaired) electrons. The third-order valence-corrected chi connectivity index (χ3v) is 4.00. The molecule has 0 heterocycles. The minimum absolute atomic E-state index is 0.292. The Balaban J connectivity index is 2.29. The molecule has 0 bridgehead atoms. The fourth-order valence-electron chi connectivity index (χ4n) is 2.70. The van der Waals surface area contributed by atoms with Crippen LogP contribution in [-0.2, 0) is 0 Å². The van der Waals surface area contributed by atoms with Crippen LogP contribution >= 0.6 is 0 Å². The second-order valence-electron chi connectivity index (χ2n) is 5.98. The summed E-state index contributed by atoms with van der Waals surface area (Å²) in [4.78, 5) is 2.39. The molecule has 2 aromatic rings. The van der Waals surface area contributed by atoms with E-state index >= 15 is 0 Å². The average molecular weight is 270 g/mol. The zero-order valence-corrected chi connectivity index (χ0v) is 12.8. The summed E-state index contributed by atoms with van der Waals surface area (Å²) in [7, 11) is 2.18. The standard InChI is InChI=1S/C18H26N2/c1-14(2)11-12-20(3)18(13-19)17-10-6-8-15-7-4-5-9-16(15)17/h4-10,14,18H,11-13,19H2,1-3H3. The number of likely N-dealkylation sites (N-methyl/N-ethyl adjacent to an activating group) is 1. The molecule has 0 aliphatic heterocycles. The molecule has 2 aromatic carbocycles. The molecule has 0 aromatic heterocycles. The second kappa shape index (κ2) is 6.87. The first-order valence-electron chi connectivity index (χ1n) is 7.51. The summed E-state index contributed by atoms with van der Waals surface area (Å²) >= 11 is 0. The van der Waals surface area contributed by atoms with Gasteiger partial charge >= 0.3 is 0 Å². The molecule has 0 aliphatic carbocycles. The number of fused-ring (bicyclic) bond motifs is 1. The molecule has 0 saturated carbocycles. The van der Waals surface area contributed by atoms with Crippen molar-refractivity contribution in [2.75, 3.05) is 20.1 Å². The Labute approximate surface area is 122 Å². The summed E-state index contributed by atoms with van der Waals surface area (Å²) in [6.07, 6.45) is 1.21. The van der Waals surface area contributed by atoms with Gasteiger partial charge in [0.2, 0.25) is 0 Å². The summed E-state index contributed by atoms with van der Waals surface area (Å²) in [6, 6.07) is 15.4. The van der Waals surface area contributed by atoms with E-state index in [4.69, 9.17) is 5.73 Å². The molecule has 0 spiro atoms. The monoisotopic (exact) mass is 270 g/mol. The topological polar surface area (TPSA) is 29.3 Å². The average Bonchev–Trinajstić information content (AvgIpc) is 2.46. The lowest BCUT2D eigenvalue weighted by Gasteiger charge is -2.29. The van der Waals surface area contributed by atoms with Gasteiger partial charge in [-0.1, -0.05) is 56.3 Å². The van der Waals surface area contributed by atoms with Crippen LogP contribution < -0.4 is 5.73 Å². The fraction of sp³-hybridized carbons (Fsp3) is 0.444. The molecular formula is C18H26N2. The van der Waals surface area contributed by atoms with E-state index in [9.17, 15) is 0 Å². The van der Waals surface area contributed by atoms with Crippen molar-refractivity contribution in [3.05, 3.63) is 48.0 Å². The first kappa shape index (κ1) is 15.0. The van der Waals surface area contributed by atoms with Gasteiger partial charge in [0, 0.05) is 12.6 Å². The SMILES string of the molecule is CC(C)CCN(C)C(CN)c1cccc2ccccc12. The van der Waals surface area contributed by atoms with Gasteiger partial charge in [0.1, 0.15) is 0 Å². The molecule has 0 amide bonds. The Morgan fingerprint density at radius 1 is 1.05 bits per heavy atom. The van der Waals surface area contributed by atoms with Crippen molar-refractivity contribution < 1.29 is 0 Å². The maximum atomic E-state index is 6.06. The van der Waals surface area contributed by atoms with E-state index in [-0.39, 0.29) is 0 Å². The van der Waals surface area contributed by atoms with Gasteiger partial charge in [-0.05, 0) is 42.3 Å². The van der Waals surface area contributed by atoms with Crippen LogP contribution in [0.25, 0.3) is 10.8 Å². The van der Waals surface area contributed by atoms with E-state index in [1.165, 1.54) is 22.8 Å². The first-order valence-corrected chi connectivity index (χ1v) is 7.51. The predicted octanol–water partition coefficient (Wildman–Crippen LogP) is 3.82. The van der Waals surface area contributed by atoms with Crippen molar-refractivity contribution in [1.82, 2.24) is 4.90 Å². The van der Waals surface area contributed by atoms with E-state index in [0.29, 0.717) is 12.6 Å². The lowest BCUT2D eigenvalue weighted by atomic mass is 9.97. The molecular weight excluding hydrogens is 244 g/mol. The molecule has 0 saturated heterocycles. The van der Waals surface area contributed by atoms with Crippen LogP contribution in [0.1, 0.15) is 31.9 Å². The quantitative estimate of drug-likeness (QED) is 0.864. The Hall–Kier alpha value is -1.38. The smallest absolute Gasteiger partial charge is 0.0473 e. The van der Waals surface area contributed by atoms with Gasteiger partial charge < -0.3 is 5.73 Å². The Morgan fingerprint density at radius 2 is 1.75 bits per heavy atom. The summed E-state index contributed by atoms with van der Waals surface area (Å²) in [6.45, 7) is 6.28. The third kappa shape index (κ3) is 3.38. The maximum Gasteiger partial charge on any atom is 0.0473 e. The van der Waals surface area contributed by atoms with Crippen LogP contribution in [0.4, 0.5) is 0 Å². The van der Waals surface area contributed by atoms with Crippen molar-refractivity contribution in [2.45, 2.75) is 26.3 Å². The highest BCUT2D eigenvalue weighted by Crippen LogP contribution is 2.27. The molecule has 108 valence electrons. The summed E-state index contributed by atoms with van der Waals surface area (Å²) in [5, 5.41) is 2.61. The molecule has 20 heavy (non-hydrogen) atoms. The number of nitrogens with zero attached hydrogens (tertiary/aromatic N) is 1. The van der Waals surface area contributed by atoms with Crippen LogP contribution in [0, 0.1) is 5.92 Å². The molecule has 1 unspecified atom stereocenters. The Kier molecular flexibility index (Phi) is 5.16. The van der Waals surface area contributed by atoms with E-state index in [1.54, 1.807) is 0 Å². The van der Waals surface area contributed by atoms with Crippen LogP contribution in [0.2, 0.25) is 0 Å². The molecule has 0 aliphatic rings. The zero-order valence-electron chi connectivity index (χ0n) is 12.8. The number of nitrogens with two attached hydrogens (primary N) is 1. The van der Waals surface area contributed by atoms with Crippen LogP contribution in [0.15, 0.2) is 42.5 Å². The molecule has 2 N–H and O–H groups in total. The number of rotatable bonds is 6. The lowest BCUT2D eigenvalue weighted by molar-refractivity contribution is 0.237.